The van der Waals surface area contributed by atoms with Gasteiger partial charge in [0.1, 0.15) is 0 Å². The second kappa shape index (κ2) is 9.73. The molecule has 1 aliphatic carbocycles. The molecule has 2 heterocycles. The highest BCUT2D eigenvalue weighted by Crippen LogP contribution is 2.36. The maximum absolute atomic E-state index is 13.7. The molecule has 1 saturated heterocycles. The van der Waals surface area contributed by atoms with Crippen LogP contribution in [-0.2, 0) is 6.18 Å². The molecule has 0 atom stereocenters. The molecule has 2 fully saturated rings. The number of alkyl halides is 3. The number of carbonyl (C=O) groups is 2. The first kappa shape index (κ1) is 25.4. The zero-order valence-electron chi connectivity index (χ0n) is 18.9. The molecule has 12 heteroatoms. The molecule has 3 N–H and O–H groups in total. The summed E-state index contributed by atoms with van der Waals surface area (Å²) in [6.07, 6.45) is 1.80. The fraction of sp³-hybridized carbons (Fsp3) is 0.478. The number of nitrogens with zero attached hydrogens (tertiary/aromatic N) is 3. The van der Waals surface area contributed by atoms with Crippen molar-refractivity contribution in [1.82, 2.24) is 19.8 Å². The summed E-state index contributed by atoms with van der Waals surface area (Å²) in [5, 5.41) is 2.68. The van der Waals surface area contributed by atoms with E-state index in [1.54, 1.807) is 10.8 Å². The van der Waals surface area contributed by atoms with Crippen molar-refractivity contribution in [2.45, 2.75) is 56.9 Å². The van der Waals surface area contributed by atoms with Crippen molar-refractivity contribution >= 4 is 27.7 Å². The molecule has 1 aromatic heterocycles. The van der Waals surface area contributed by atoms with Gasteiger partial charge in [0.2, 0.25) is 5.91 Å². The summed E-state index contributed by atoms with van der Waals surface area (Å²) in [6.45, 7) is 2.22. The summed E-state index contributed by atoms with van der Waals surface area (Å²) in [5.41, 5.74) is 2.61. The number of primary amides is 1. The van der Waals surface area contributed by atoms with Gasteiger partial charge in [-0.05, 0) is 66.2 Å². The highest BCUT2D eigenvalue weighted by molar-refractivity contribution is 9.10. The molecule has 0 radical (unpaired) electrons. The quantitative estimate of drug-likeness (QED) is 0.589. The molecule has 35 heavy (non-hydrogen) atoms. The Bertz CT molecular complexity index is 1200. The Hall–Kier alpha value is -2.73. The van der Waals surface area contributed by atoms with Gasteiger partial charge in [0.05, 0.1) is 21.6 Å². The van der Waals surface area contributed by atoms with Crippen molar-refractivity contribution in [2.24, 2.45) is 5.73 Å². The van der Waals surface area contributed by atoms with Crippen LogP contribution in [0.1, 0.15) is 63.6 Å². The smallest absolute Gasteiger partial charge is 0.366 e. The number of nitrogens with two attached hydrogens (primary N) is 1. The van der Waals surface area contributed by atoms with Crippen LogP contribution in [0.4, 0.5) is 13.2 Å². The maximum Gasteiger partial charge on any atom is 0.417 e. The van der Waals surface area contributed by atoms with Gasteiger partial charge in [-0.15, -0.1) is 0 Å². The van der Waals surface area contributed by atoms with E-state index in [4.69, 9.17) is 5.73 Å². The van der Waals surface area contributed by atoms with Crippen LogP contribution in [0, 0.1) is 6.92 Å². The Labute approximate surface area is 207 Å². The zero-order valence-corrected chi connectivity index (χ0v) is 20.5. The zero-order chi connectivity index (χ0) is 25.5. The summed E-state index contributed by atoms with van der Waals surface area (Å²) in [7, 11) is 0. The van der Waals surface area contributed by atoms with Crippen molar-refractivity contribution in [2.75, 3.05) is 13.1 Å². The summed E-state index contributed by atoms with van der Waals surface area (Å²) in [5.74, 6) is -1.81. The summed E-state index contributed by atoms with van der Waals surface area (Å²) in [6, 6.07) is 2.25. The third-order valence-electron chi connectivity index (χ3n) is 6.86. The molecular formula is C23H25BrF3N5O3. The van der Waals surface area contributed by atoms with Crippen molar-refractivity contribution in [3.8, 4) is 0 Å². The lowest BCUT2D eigenvalue weighted by Crippen LogP contribution is -2.62. The minimum absolute atomic E-state index is 0.0768. The molecule has 0 unspecified atom stereocenters. The minimum Gasteiger partial charge on any atom is -0.366 e. The average molecular weight is 556 g/mol. The molecule has 4 rings (SSSR count). The predicted molar refractivity (Wildman–Crippen MR) is 125 cm³/mol. The van der Waals surface area contributed by atoms with Crippen LogP contribution >= 0.6 is 15.9 Å². The van der Waals surface area contributed by atoms with E-state index in [0.29, 0.717) is 13.1 Å². The maximum atomic E-state index is 13.7. The lowest BCUT2D eigenvalue weighted by molar-refractivity contribution is -0.138. The number of hydrogen-bond donors (Lipinski definition) is 2. The Balaban J connectivity index is 1.35. The van der Waals surface area contributed by atoms with Gasteiger partial charge in [-0.1, -0.05) is 0 Å². The number of hydrogen-bond acceptors (Lipinski definition) is 5. The van der Waals surface area contributed by atoms with Crippen LogP contribution in [0.3, 0.4) is 0 Å². The normalized spacial score (nSPS) is 21.4. The van der Waals surface area contributed by atoms with Crippen molar-refractivity contribution in [3.05, 3.63) is 61.7 Å². The second-order valence-electron chi connectivity index (χ2n) is 9.07. The first-order valence-electron chi connectivity index (χ1n) is 11.2. The molecule has 1 aromatic carbocycles. The van der Waals surface area contributed by atoms with Crippen molar-refractivity contribution < 1.29 is 22.8 Å². The molecule has 0 bridgehead atoms. The van der Waals surface area contributed by atoms with Crippen molar-refractivity contribution in [3.63, 3.8) is 0 Å². The first-order valence-corrected chi connectivity index (χ1v) is 12.0. The third kappa shape index (κ3) is 5.27. The Morgan fingerprint density at radius 1 is 1.11 bits per heavy atom. The number of amides is 2. The molecule has 2 aliphatic rings. The number of rotatable bonds is 5. The fourth-order valence-electron chi connectivity index (χ4n) is 5.07. The van der Waals surface area contributed by atoms with Gasteiger partial charge in [0.15, 0.2) is 0 Å². The largest absolute Gasteiger partial charge is 0.417 e. The van der Waals surface area contributed by atoms with E-state index in [1.165, 1.54) is 6.20 Å². The number of carbonyl (C=O) groups excluding carboxylic acids is 2. The number of benzene rings is 1. The number of likely N-dealkylation sites (tertiary alicyclic amines) is 1. The van der Waals surface area contributed by atoms with Gasteiger partial charge < -0.3 is 11.1 Å². The first-order chi connectivity index (χ1) is 16.5. The van der Waals surface area contributed by atoms with Crippen LogP contribution in [0.5, 0.6) is 0 Å². The van der Waals surface area contributed by atoms with Gasteiger partial charge in [-0.3, -0.25) is 19.1 Å². The fourth-order valence-corrected chi connectivity index (χ4v) is 5.39. The molecule has 8 nitrogen and oxygen atoms in total. The Morgan fingerprint density at radius 2 is 1.71 bits per heavy atom. The van der Waals surface area contributed by atoms with Gasteiger partial charge in [-0.25, -0.2) is 9.78 Å². The number of halogens is 4. The standard InChI is InChI=1S/C23H25BrF3N5O3/c1-12-17(20(28)33)6-7-18(19(12)23(25,26)27)21(34)30-14-10-31(11-14)15-2-4-16(5-3-15)32-9-13(24)8-29-22(32)35/h6-9,14-16H,2-5,10-11H2,1H3,(H2,28,33)(H,30,34). The van der Waals surface area contributed by atoms with Gasteiger partial charge in [-0.2, -0.15) is 13.2 Å². The minimum atomic E-state index is -4.81. The number of aromatic nitrogens is 2. The lowest BCUT2D eigenvalue weighted by atomic mass is 9.87. The highest BCUT2D eigenvalue weighted by Gasteiger charge is 2.40. The summed E-state index contributed by atoms with van der Waals surface area (Å²) < 4.78 is 43.5. The topological polar surface area (TPSA) is 110 Å². The van der Waals surface area contributed by atoms with Crippen molar-refractivity contribution in [1.29, 1.82) is 0 Å². The van der Waals surface area contributed by atoms with Gasteiger partial charge in [0.25, 0.3) is 5.91 Å². The van der Waals surface area contributed by atoms with E-state index < -0.39 is 29.1 Å². The van der Waals surface area contributed by atoms with Crippen LogP contribution in [0.2, 0.25) is 0 Å². The van der Waals surface area contributed by atoms with E-state index in [-0.39, 0.29) is 34.9 Å². The second-order valence-corrected chi connectivity index (χ2v) is 9.99. The molecule has 188 valence electrons. The molecular weight excluding hydrogens is 531 g/mol. The third-order valence-corrected chi connectivity index (χ3v) is 7.27. The monoisotopic (exact) mass is 555 g/mol. The predicted octanol–water partition coefficient (Wildman–Crippen LogP) is 3.03. The molecule has 1 saturated carbocycles. The Kier molecular flexibility index (Phi) is 7.05. The molecule has 1 aliphatic heterocycles. The molecule has 2 aromatic rings. The van der Waals surface area contributed by atoms with Gasteiger partial charge in [0, 0.05) is 43.1 Å². The highest BCUT2D eigenvalue weighted by atomic mass is 79.9. The summed E-state index contributed by atoms with van der Waals surface area (Å²) >= 11 is 3.34. The average Bonchev–Trinajstić information content (AvgIpc) is 2.76. The lowest BCUT2D eigenvalue weighted by Gasteiger charge is -2.46. The van der Waals surface area contributed by atoms with Gasteiger partial charge >= 0.3 is 11.9 Å². The van der Waals surface area contributed by atoms with E-state index in [2.05, 4.69) is 31.1 Å². The SMILES string of the molecule is Cc1c(C(N)=O)ccc(C(=O)NC2CN(C3CCC(n4cc(Br)cnc4=O)CC3)C2)c1C(F)(F)F. The van der Waals surface area contributed by atoms with E-state index in [0.717, 1.165) is 49.2 Å². The van der Waals surface area contributed by atoms with Crippen LogP contribution in [0.15, 0.2) is 33.8 Å². The van der Waals surface area contributed by atoms with Crippen LogP contribution in [0.25, 0.3) is 0 Å². The van der Waals surface area contributed by atoms with E-state index in [9.17, 15) is 27.6 Å². The summed E-state index contributed by atoms with van der Waals surface area (Å²) in [4.78, 5) is 42.3. The van der Waals surface area contributed by atoms with E-state index >= 15 is 0 Å². The molecule has 0 spiro atoms. The van der Waals surface area contributed by atoms with E-state index in [1.807, 2.05) is 0 Å². The van der Waals surface area contributed by atoms with Crippen LogP contribution < -0.4 is 16.7 Å². The van der Waals surface area contributed by atoms with Crippen LogP contribution in [-0.4, -0.2) is 51.4 Å². The Morgan fingerprint density at radius 3 is 2.31 bits per heavy atom. The number of nitrogens with one attached hydrogen (secondary N) is 1. The molecule has 2 amide bonds.